The molecule has 3 N–H and O–H groups in total. The largest absolute Gasteiger partial charge is 0.462 e. The first kappa shape index (κ1) is 26.5. The highest BCUT2D eigenvalue weighted by Crippen LogP contribution is 2.28. The summed E-state index contributed by atoms with van der Waals surface area (Å²) in [5, 5.41) is 6.53. The second kappa shape index (κ2) is 12.2. The number of para-hydroxylation sites is 2. The number of nitrogens with zero attached hydrogens (tertiary/aromatic N) is 4. The number of nitrogens with one attached hydrogen (secondary N) is 3. The molecule has 0 aliphatic heterocycles. The number of imidazole rings is 1. The van der Waals surface area contributed by atoms with Gasteiger partial charge < -0.3 is 20.4 Å². The van der Waals surface area contributed by atoms with E-state index in [0.29, 0.717) is 44.3 Å². The van der Waals surface area contributed by atoms with Crippen molar-refractivity contribution in [1.29, 1.82) is 0 Å². The van der Waals surface area contributed by atoms with Gasteiger partial charge in [0.2, 0.25) is 5.95 Å². The van der Waals surface area contributed by atoms with Crippen LogP contribution in [0.5, 0.6) is 0 Å². The molecule has 0 saturated carbocycles. The number of benzene rings is 2. The maximum absolute atomic E-state index is 13.7. The Kier molecular flexibility index (Phi) is 8.25. The van der Waals surface area contributed by atoms with E-state index in [-0.39, 0.29) is 12.4 Å². The number of aromatic nitrogens is 5. The highest BCUT2D eigenvalue weighted by atomic mass is 127. The van der Waals surface area contributed by atoms with E-state index in [4.69, 9.17) is 4.74 Å². The van der Waals surface area contributed by atoms with E-state index >= 15 is 0 Å². The molecule has 9 nitrogen and oxygen atoms in total. The van der Waals surface area contributed by atoms with E-state index in [0.717, 1.165) is 29.7 Å². The molecule has 39 heavy (non-hydrogen) atoms. The lowest BCUT2D eigenvalue weighted by molar-refractivity contribution is 0.0526. The third kappa shape index (κ3) is 6.48. The predicted octanol–water partition coefficient (Wildman–Crippen LogP) is 6.12. The van der Waals surface area contributed by atoms with Crippen molar-refractivity contribution in [3.8, 4) is 11.1 Å². The zero-order valence-electron chi connectivity index (χ0n) is 21.0. The Hall–Kier alpha value is -4.13. The average Bonchev–Trinajstić information content (AvgIpc) is 3.36. The van der Waals surface area contributed by atoms with Crippen LogP contribution in [0.4, 0.5) is 21.8 Å². The zero-order valence-corrected chi connectivity index (χ0v) is 23.2. The van der Waals surface area contributed by atoms with E-state index in [1.807, 2.05) is 46.9 Å². The van der Waals surface area contributed by atoms with Gasteiger partial charge in [0.1, 0.15) is 17.5 Å². The molecule has 0 radical (unpaired) electrons. The normalized spacial score (nSPS) is 10.9. The van der Waals surface area contributed by atoms with Gasteiger partial charge in [-0.1, -0.05) is 12.1 Å². The molecular formula is C28H25FIN7O2. The predicted molar refractivity (Wildman–Crippen MR) is 157 cm³/mol. The van der Waals surface area contributed by atoms with Crippen LogP contribution in [0.2, 0.25) is 0 Å². The van der Waals surface area contributed by atoms with Crippen molar-refractivity contribution >= 4 is 57.0 Å². The molecule has 0 fully saturated rings. The molecule has 0 saturated heterocycles. The quantitative estimate of drug-likeness (QED) is 0.0953. The van der Waals surface area contributed by atoms with Gasteiger partial charge in [0.05, 0.1) is 26.8 Å². The monoisotopic (exact) mass is 637 g/mol. The molecule has 5 rings (SSSR count). The summed E-state index contributed by atoms with van der Waals surface area (Å²) in [7, 11) is 0. The van der Waals surface area contributed by atoms with E-state index < -0.39 is 5.97 Å². The molecule has 3 heterocycles. The first-order valence-corrected chi connectivity index (χ1v) is 13.5. The zero-order chi connectivity index (χ0) is 27.2. The number of carbonyl (C=O) groups excluding carboxylic acids is 1. The summed E-state index contributed by atoms with van der Waals surface area (Å²) in [5.74, 6) is 1.09. The summed E-state index contributed by atoms with van der Waals surface area (Å²) >= 11 is 1.94. The molecule has 5 aromatic rings. The Morgan fingerprint density at radius 3 is 2.79 bits per heavy atom. The second-order valence-electron chi connectivity index (χ2n) is 8.62. The maximum Gasteiger partial charge on any atom is 0.339 e. The Bertz CT molecular complexity index is 1590. The van der Waals surface area contributed by atoms with Gasteiger partial charge in [0, 0.05) is 48.4 Å². The maximum atomic E-state index is 13.7. The van der Waals surface area contributed by atoms with Crippen LogP contribution < -0.4 is 10.6 Å². The Morgan fingerprint density at radius 1 is 1.10 bits per heavy atom. The van der Waals surface area contributed by atoms with E-state index in [9.17, 15) is 9.18 Å². The molecule has 0 unspecified atom stereocenters. The SMILES string of the molecule is CCOC(=O)c1cncc(-c2cnc(Nc3ccc(F)c(I)c3)nc2NCCCc2nc3ccccc3[nH]2)c1. The minimum Gasteiger partial charge on any atom is -0.462 e. The number of esters is 1. The lowest BCUT2D eigenvalue weighted by Gasteiger charge is -2.14. The second-order valence-corrected chi connectivity index (χ2v) is 9.79. The highest BCUT2D eigenvalue weighted by Gasteiger charge is 2.14. The van der Waals surface area contributed by atoms with Crippen molar-refractivity contribution in [2.24, 2.45) is 0 Å². The lowest BCUT2D eigenvalue weighted by Crippen LogP contribution is -2.09. The van der Waals surface area contributed by atoms with Crippen LogP contribution in [-0.4, -0.2) is 44.0 Å². The average molecular weight is 637 g/mol. The van der Waals surface area contributed by atoms with Crippen molar-refractivity contribution in [3.63, 3.8) is 0 Å². The number of aryl methyl sites for hydroxylation is 1. The van der Waals surface area contributed by atoms with Gasteiger partial charge in [0.25, 0.3) is 0 Å². The van der Waals surface area contributed by atoms with Gasteiger partial charge in [-0.2, -0.15) is 4.98 Å². The molecule has 0 aliphatic carbocycles. The number of H-pyrrole nitrogens is 1. The highest BCUT2D eigenvalue weighted by molar-refractivity contribution is 14.1. The van der Waals surface area contributed by atoms with Crippen molar-refractivity contribution in [2.45, 2.75) is 19.8 Å². The molecule has 2 aromatic carbocycles. The van der Waals surface area contributed by atoms with Crippen LogP contribution in [0.25, 0.3) is 22.2 Å². The summed E-state index contributed by atoms with van der Waals surface area (Å²) < 4.78 is 19.3. The molecular weight excluding hydrogens is 612 g/mol. The van der Waals surface area contributed by atoms with Gasteiger partial charge in [-0.25, -0.2) is 19.2 Å². The summed E-state index contributed by atoms with van der Waals surface area (Å²) in [4.78, 5) is 33.6. The van der Waals surface area contributed by atoms with Crippen molar-refractivity contribution in [3.05, 3.63) is 87.9 Å². The smallest absolute Gasteiger partial charge is 0.339 e. The molecule has 0 bridgehead atoms. The van der Waals surface area contributed by atoms with Crippen LogP contribution in [0.3, 0.4) is 0 Å². The molecule has 0 spiro atoms. The number of halogens is 2. The summed E-state index contributed by atoms with van der Waals surface area (Å²) in [6, 6.07) is 14.3. The number of hydrogen-bond acceptors (Lipinski definition) is 8. The third-order valence-corrected chi connectivity index (χ3v) is 6.67. The van der Waals surface area contributed by atoms with E-state index in [2.05, 4.69) is 35.6 Å². The van der Waals surface area contributed by atoms with Gasteiger partial charge in [0.15, 0.2) is 0 Å². The fraction of sp³-hybridized carbons (Fsp3) is 0.179. The van der Waals surface area contributed by atoms with Crippen molar-refractivity contribution in [2.75, 3.05) is 23.8 Å². The van der Waals surface area contributed by atoms with Gasteiger partial charge >= 0.3 is 5.97 Å². The fourth-order valence-corrected chi connectivity index (χ4v) is 4.51. The van der Waals surface area contributed by atoms with Crippen LogP contribution in [0, 0.1) is 9.39 Å². The number of anilines is 3. The molecule has 0 aliphatic rings. The lowest BCUT2D eigenvalue weighted by atomic mass is 10.1. The van der Waals surface area contributed by atoms with Crippen LogP contribution >= 0.6 is 22.6 Å². The minimum absolute atomic E-state index is 0.271. The number of hydrogen-bond donors (Lipinski definition) is 3. The Labute approximate surface area is 237 Å². The fourth-order valence-electron chi connectivity index (χ4n) is 3.99. The van der Waals surface area contributed by atoms with E-state index in [1.165, 1.54) is 12.3 Å². The van der Waals surface area contributed by atoms with Crippen LogP contribution in [0.1, 0.15) is 29.5 Å². The van der Waals surface area contributed by atoms with Crippen molar-refractivity contribution < 1.29 is 13.9 Å². The third-order valence-electron chi connectivity index (χ3n) is 5.85. The molecule has 3 aromatic heterocycles. The number of carbonyl (C=O) groups is 1. The summed E-state index contributed by atoms with van der Waals surface area (Å²) in [6.45, 7) is 2.64. The number of pyridine rings is 1. The first-order chi connectivity index (χ1) is 19.0. The molecule has 0 atom stereocenters. The van der Waals surface area contributed by atoms with E-state index in [1.54, 1.807) is 37.5 Å². The number of ether oxygens (including phenoxy) is 1. The van der Waals surface area contributed by atoms with Crippen molar-refractivity contribution in [1.82, 2.24) is 24.9 Å². The molecule has 11 heteroatoms. The summed E-state index contributed by atoms with van der Waals surface area (Å²) in [5.41, 5.74) is 4.31. The Morgan fingerprint density at radius 2 is 1.97 bits per heavy atom. The van der Waals surface area contributed by atoms with Gasteiger partial charge in [-0.05, 0) is 72.3 Å². The Balaban J connectivity index is 1.37. The number of fused-ring (bicyclic) bond motifs is 1. The molecule has 0 amide bonds. The van der Waals surface area contributed by atoms with Gasteiger partial charge in [-0.15, -0.1) is 0 Å². The van der Waals surface area contributed by atoms with Crippen LogP contribution in [0.15, 0.2) is 67.1 Å². The topological polar surface area (TPSA) is 118 Å². The number of aromatic amines is 1. The molecule has 198 valence electrons. The number of rotatable bonds is 10. The summed E-state index contributed by atoms with van der Waals surface area (Å²) in [6.07, 6.45) is 6.33. The minimum atomic E-state index is -0.447. The van der Waals surface area contributed by atoms with Crippen LogP contribution in [-0.2, 0) is 11.2 Å². The van der Waals surface area contributed by atoms with Gasteiger partial charge in [-0.3, -0.25) is 4.98 Å². The first-order valence-electron chi connectivity index (χ1n) is 12.4. The standard InChI is InChI=1S/C28H25FIN7O2/c1-2-39-27(38)18-12-17(14-31-15-18)20-16-33-28(34-19-9-10-21(29)22(30)13-19)37-26(20)32-11-5-8-25-35-23-6-3-4-7-24(23)36-25/h3-4,6-7,9-10,12-16H,2,5,8,11H2,1H3,(H,35,36)(H2,32,33,34,37).